The number of methoxy groups -OCH3 is 1. The van der Waals surface area contributed by atoms with Crippen molar-refractivity contribution in [2.75, 3.05) is 21.2 Å². The van der Waals surface area contributed by atoms with Crippen LogP contribution in [-0.4, -0.2) is 40.9 Å². The summed E-state index contributed by atoms with van der Waals surface area (Å²) < 4.78 is 7.67. The van der Waals surface area contributed by atoms with Crippen molar-refractivity contribution in [3.8, 4) is 16.9 Å². The summed E-state index contributed by atoms with van der Waals surface area (Å²) >= 11 is 1.35. The van der Waals surface area contributed by atoms with Gasteiger partial charge < -0.3 is 9.30 Å². The van der Waals surface area contributed by atoms with Crippen LogP contribution in [0.25, 0.3) is 16.9 Å². The molecule has 0 saturated carbocycles. The van der Waals surface area contributed by atoms with E-state index in [4.69, 9.17) is 4.74 Å². The molecule has 3 aromatic rings. The molecule has 160 valence electrons. The van der Waals surface area contributed by atoms with Gasteiger partial charge in [-0.15, -0.1) is 0 Å². The number of benzene rings is 2. The standard InChI is InChI=1S/C22H21NO2.C3H6NOS/c1-25-22(24)17-11-13-19(14-12-17)23-20-10-6-5-9-18(20)15-21(23)16-7-3-2-4-8-16;1-4(2)3(5)6-4/h2-4,7-8,11-15H,5-6,9-10H2,1H3;1-2H3/q;+1. The summed E-state index contributed by atoms with van der Waals surface area (Å²) in [7, 11) is 5.14. The molecule has 0 N–H and O–H groups in total. The Morgan fingerprint density at radius 2 is 1.61 bits per heavy atom. The zero-order valence-corrected chi connectivity index (χ0v) is 18.9. The molecule has 5 rings (SSSR count). The van der Waals surface area contributed by atoms with Crippen molar-refractivity contribution in [1.82, 2.24) is 4.57 Å². The maximum absolute atomic E-state index is 11.7. The average molecular weight is 436 g/mol. The van der Waals surface area contributed by atoms with E-state index in [0.717, 1.165) is 18.5 Å². The van der Waals surface area contributed by atoms with E-state index in [9.17, 15) is 9.59 Å². The molecule has 0 radical (unpaired) electrons. The van der Waals surface area contributed by atoms with E-state index < -0.39 is 0 Å². The molecule has 0 atom stereocenters. The number of esters is 1. The monoisotopic (exact) mass is 435 g/mol. The highest BCUT2D eigenvalue weighted by molar-refractivity contribution is 8.16. The molecular formula is C25H27N2O3S+. The molecule has 1 aliphatic heterocycles. The second kappa shape index (κ2) is 8.73. The van der Waals surface area contributed by atoms with E-state index in [1.165, 1.54) is 54.4 Å². The van der Waals surface area contributed by atoms with Crippen LogP contribution < -0.4 is 0 Å². The molecule has 0 spiro atoms. The van der Waals surface area contributed by atoms with E-state index in [0.29, 0.717) is 9.45 Å². The van der Waals surface area contributed by atoms with Crippen molar-refractivity contribution >= 4 is 23.2 Å². The van der Waals surface area contributed by atoms with Crippen LogP contribution >= 0.6 is 11.9 Å². The van der Waals surface area contributed by atoms with Gasteiger partial charge in [-0.25, -0.2) is 9.59 Å². The minimum atomic E-state index is -0.302. The molecule has 0 unspecified atom stereocenters. The molecule has 2 heterocycles. The molecule has 6 heteroatoms. The average Bonchev–Trinajstić information content (AvgIpc) is 3.19. The maximum atomic E-state index is 11.7. The van der Waals surface area contributed by atoms with Crippen molar-refractivity contribution in [2.45, 2.75) is 25.7 Å². The largest absolute Gasteiger partial charge is 0.465 e. The maximum Gasteiger partial charge on any atom is 0.443 e. The highest BCUT2D eigenvalue weighted by atomic mass is 32.2. The van der Waals surface area contributed by atoms with Crippen LogP contribution in [0, 0.1) is 0 Å². The number of rotatable bonds is 3. The Bertz CT molecular complexity index is 1100. The quantitative estimate of drug-likeness (QED) is 0.231. The second-order valence-corrected chi connectivity index (χ2v) is 9.60. The van der Waals surface area contributed by atoms with Crippen molar-refractivity contribution in [3.63, 3.8) is 0 Å². The first kappa shape index (κ1) is 21.4. The molecule has 1 aliphatic carbocycles. The summed E-state index contributed by atoms with van der Waals surface area (Å²) in [6.07, 6.45) is 4.72. The Labute approximate surface area is 187 Å². The van der Waals surface area contributed by atoms with Gasteiger partial charge >= 0.3 is 11.2 Å². The van der Waals surface area contributed by atoms with Gasteiger partial charge in [0.05, 0.1) is 32.5 Å². The number of fused-ring (bicyclic) bond motifs is 1. The van der Waals surface area contributed by atoms with Crippen LogP contribution in [0.3, 0.4) is 0 Å². The Kier molecular flexibility index (Phi) is 6.03. The van der Waals surface area contributed by atoms with Gasteiger partial charge in [0, 0.05) is 11.4 Å². The van der Waals surface area contributed by atoms with Gasteiger partial charge in [0.25, 0.3) is 0 Å². The van der Waals surface area contributed by atoms with Gasteiger partial charge in [-0.05, 0) is 67.1 Å². The topological polar surface area (TPSA) is 48.3 Å². The Balaban J connectivity index is 0.000000334. The highest BCUT2D eigenvalue weighted by Gasteiger charge is 2.51. The number of nitrogens with zero attached hydrogens (tertiary/aromatic N) is 2. The molecule has 2 aromatic carbocycles. The number of hydrogen-bond donors (Lipinski definition) is 0. The van der Waals surface area contributed by atoms with E-state index in [1.807, 2.05) is 44.4 Å². The van der Waals surface area contributed by atoms with Crippen molar-refractivity contribution in [3.05, 3.63) is 77.5 Å². The van der Waals surface area contributed by atoms with Gasteiger partial charge in [-0.1, -0.05) is 30.3 Å². The lowest BCUT2D eigenvalue weighted by atomic mass is 9.98. The third kappa shape index (κ3) is 4.60. The van der Waals surface area contributed by atoms with Gasteiger partial charge in [-0.3, -0.25) is 0 Å². The van der Waals surface area contributed by atoms with E-state index in [2.05, 4.69) is 34.9 Å². The Morgan fingerprint density at radius 1 is 1.00 bits per heavy atom. The van der Waals surface area contributed by atoms with Gasteiger partial charge in [0.15, 0.2) is 0 Å². The third-order valence-electron chi connectivity index (χ3n) is 5.63. The Morgan fingerprint density at radius 3 is 2.19 bits per heavy atom. The molecule has 1 fully saturated rings. The molecule has 5 nitrogen and oxygen atoms in total. The number of ether oxygens (including phenoxy) is 1. The zero-order valence-electron chi connectivity index (χ0n) is 18.1. The van der Waals surface area contributed by atoms with Crippen molar-refractivity contribution in [1.29, 1.82) is 0 Å². The smallest absolute Gasteiger partial charge is 0.443 e. The summed E-state index contributed by atoms with van der Waals surface area (Å²) in [5.74, 6) is -0.302. The predicted octanol–water partition coefficient (Wildman–Crippen LogP) is 5.65. The number of aryl methyl sites for hydroxylation is 1. The molecule has 1 aromatic heterocycles. The molecule has 31 heavy (non-hydrogen) atoms. The zero-order chi connectivity index (χ0) is 22.0. The number of carbonyl (C=O) groups excluding carboxylic acids is 2. The number of hydrogen-bond acceptors (Lipinski definition) is 4. The second-order valence-electron chi connectivity index (χ2n) is 8.16. The highest BCUT2D eigenvalue weighted by Crippen LogP contribution is 2.38. The van der Waals surface area contributed by atoms with Crippen LogP contribution in [0.4, 0.5) is 4.79 Å². The summed E-state index contributed by atoms with van der Waals surface area (Å²) in [6.45, 7) is 0. The summed E-state index contributed by atoms with van der Waals surface area (Å²) in [4.78, 5) is 21.8. The van der Waals surface area contributed by atoms with E-state index in [-0.39, 0.29) is 11.2 Å². The van der Waals surface area contributed by atoms with E-state index in [1.54, 1.807) is 0 Å². The fraction of sp³-hybridized carbons (Fsp3) is 0.280. The first-order valence-electron chi connectivity index (χ1n) is 10.5. The molecule has 2 aliphatic rings. The molecular weight excluding hydrogens is 408 g/mol. The minimum absolute atomic E-state index is 0.259. The molecule has 1 saturated heterocycles. The number of quaternary nitrogens is 1. The Hall–Kier alpha value is -2.83. The van der Waals surface area contributed by atoms with Crippen molar-refractivity contribution in [2.24, 2.45) is 0 Å². The van der Waals surface area contributed by atoms with Gasteiger partial charge in [0.2, 0.25) is 11.9 Å². The lowest BCUT2D eigenvalue weighted by Gasteiger charge is -2.18. The lowest BCUT2D eigenvalue weighted by molar-refractivity contribution is -0.610. The van der Waals surface area contributed by atoms with Crippen LogP contribution in [0.2, 0.25) is 0 Å². The van der Waals surface area contributed by atoms with Crippen LogP contribution in [-0.2, 0) is 17.6 Å². The van der Waals surface area contributed by atoms with Crippen molar-refractivity contribution < 1.29 is 18.2 Å². The van der Waals surface area contributed by atoms with Crippen LogP contribution in [0.5, 0.6) is 0 Å². The minimum Gasteiger partial charge on any atom is -0.465 e. The van der Waals surface area contributed by atoms with Crippen LogP contribution in [0.15, 0.2) is 60.7 Å². The number of aromatic nitrogens is 1. The fourth-order valence-corrected chi connectivity index (χ4v) is 4.20. The molecule has 0 bridgehead atoms. The summed E-state index contributed by atoms with van der Waals surface area (Å²) in [5.41, 5.74) is 6.95. The van der Waals surface area contributed by atoms with Gasteiger partial charge in [-0.2, -0.15) is 3.89 Å². The summed E-state index contributed by atoms with van der Waals surface area (Å²) in [5, 5.41) is 0.259. The number of carbonyl (C=O) groups is 2. The first-order valence-corrected chi connectivity index (χ1v) is 11.2. The normalized spacial score (nSPS) is 16.0. The third-order valence-corrected chi connectivity index (χ3v) is 6.69. The number of amides is 1. The fourth-order valence-electron chi connectivity index (χ4n) is 3.85. The first-order chi connectivity index (χ1) is 14.9. The van der Waals surface area contributed by atoms with E-state index >= 15 is 0 Å². The van der Waals surface area contributed by atoms with Crippen LogP contribution in [0.1, 0.15) is 34.5 Å². The van der Waals surface area contributed by atoms with Gasteiger partial charge in [0.1, 0.15) is 0 Å². The SMILES string of the molecule is COC(=O)c1ccc(-n2c(-c3ccccc3)cc3c2CCCC3)cc1.C[N+]1(C)SC1=O. The molecule has 1 amide bonds. The predicted molar refractivity (Wildman–Crippen MR) is 124 cm³/mol. The lowest BCUT2D eigenvalue weighted by Crippen LogP contribution is -2.09. The summed E-state index contributed by atoms with van der Waals surface area (Å²) in [6, 6.07) is 20.5.